The molecule has 2 aromatic rings. The number of carbonyl (C=O) groups excluding carboxylic acids is 2. The van der Waals surface area contributed by atoms with Crippen LogP contribution >= 0.6 is 23.2 Å². The molecule has 0 bridgehead atoms. The van der Waals surface area contributed by atoms with Crippen LogP contribution in [0.5, 0.6) is 11.5 Å². The van der Waals surface area contributed by atoms with Crippen molar-refractivity contribution < 1.29 is 19.1 Å². The van der Waals surface area contributed by atoms with Crippen molar-refractivity contribution in [3.63, 3.8) is 0 Å². The number of amides is 2. The molecule has 180 valence electrons. The molecule has 0 aliphatic rings. The zero-order chi connectivity index (χ0) is 24.4. The zero-order valence-corrected chi connectivity index (χ0v) is 21.1. The number of benzene rings is 2. The lowest BCUT2D eigenvalue weighted by molar-refractivity contribution is -0.141. The molecule has 8 heteroatoms. The quantitative estimate of drug-likeness (QED) is 0.396. The Morgan fingerprint density at radius 2 is 1.70 bits per heavy atom. The topological polar surface area (TPSA) is 67.9 Å². The Bertz CT molecular complexity index is 919. The van der Waals surface area contributed by atoms with Crippen molar-refractivity contribution in [3.8, 4) is 11.5 Å². The number of nitrogens with zero attached hydrogens (tertiary/aromatic N) is 1. The fraction of sp³-hybridized carbons (Fsp3) is 0.440. The molecule has 33 heavy (non-hydrogen) atoms. The van der Waals surface area contributed by atoms with Crippen molar-refractivity contribution >= 4 is 35.0 Å². The smallest absolute Gasteiger partial charge is 0.243 e. The molecular formula is C25H32Cl2N2O4. The summed E-state index contributed by atoms with van der Waals surface area (Å²) < 4.78 is 10.9. The van der Waals surface area contributed by atoms with Gasteiger partial charge < -0.3 is 19.7 Å². The first-order valence-electron chi connectivity index (χ1n) is 11.1. The van der Waals surface area contributed by atoms with E-state index in [0.29, 0.717) is 35.2 Å². The Kier molecular flexibility index (Phi) is 10.8. The van der Waals surface area contributed by atoms with Gasteiger partial charge in [-0.3, -0.25) is 9.59 Å². The molecule has 0 heterocycles. The van der Waals surface area contributed by atoms with Gasteiger partial charge in [0.2, 0.25) is 11.8 Å². The van der Waals surface area contributed by atoms with Crippen LogP contribution in [0.3, 0.4) is 0 Å². The van der Waals surface area contributed by atoms with E-state index in [0.717, 1.165) is 11.3 Å². The van der Waals surface area contributed by atoms with Crippen LogP contribution in [0.15, 0.2) is 42.5 Å². The second-order valence-corrected chi connectivity index (χ2v) is 8.80. The number of halogens is 2. The minimum atomic E-state index is -0.586. The van der Waals surface area contributed by atoms with Crippen LogP contribution in [0.25, 0.3) is 0 Å². The molecule has 0 aromatic heterocycles. The highest BCUT2D eigenvalue weighted by Crippen LogP contribution is 2.24. The molecule has 0 unspecified atom stereocenters. The molecular weight excluding hydrogens is 463 g/mol. The van der Waals surface area contributed by atoms with Gasteiger partial charge >= 0.3 is 0 Å². The molecule has 0 aliphatic heterocycles. The van der Waals surface area contributed by atoms with E-state index >= 15 is 0 Å². The van der Waals surface area contributed by atoms with E-state index < -0.39 is 6.04 Å². The molecule has 0 fully saturated rings. The third kappa shape index (κ3) is 8.45. The van der Waals surface area contributed by atoms with E-state index in [4.69, 9.17) is 32.7 Å². The number of hydrogen-bond acceptors (Lipinski definition) is 4. The van der Waals surface area contributed by atoms with Crippen LogP contribution in [-0.2, 0) is 16.1 Å². The van der Waals surface area contributed by atoms with Gasteiger partial charge in [0.25, 0.3) is 0 Å². The minimum absolute atomic E-state index is 0.0219. The summed E-state index contributed by atoms with van der Waals surface area (Å²) in [5, 5.41) is 3.77. The lowest BCUT2D eigenvalue weighted by Gasteiger charge is -2.31. The first-order valence-corrected chi connectivity index (χ1v) is 11.8. The van der Waals surface area contributed by atoms with Crippen LogP contribution in [0.2, 0.25) is 10.0 Å². The Labute approximate surface area is 206 Å². The van der Waals surface area contributed by atoms with Crippen molar-refractivity contribution in [1.29, 1.82) is 0 Å². The van der Waals surface area contributed by atoms with Crippen molar-refractivity contribution in [2.75, 3.05) is 13.7 Å². The normalized spacial score (nSPS) is 11.7. The summed E-state index contributed by atoms with van der Waals surface area (Å²) in [5.41, 5.74) is 0.808. The summed E-state index contributed by atoms with van der Waals surface area (Å²) >= 11 is 12.2. The molecule has 1 atom stereocenters. The van der Waals surface area contributed by atoms with Gasteiger partial charge in [-0.05, 0) is 68.7 Å². The lowest BCUT2D eigenvalue weighted by atomic mass is 10.1. The Hall–Kier alpha value is -2.44. The van der Waals surface area contributed by atoms with Crippen LogP contribution in [0.4, 0.5) is 0 Å². The Morgan fingerprint density at radius 3 is 2.27 bits per heavy atom. The molecule has 0 spiro atoms. The highest BCUT2D eigenvalue weighted by molar-refractivity contribution is 6.42. The van der Waals surface area contributed by atoms with Crippen molar-refractivity contribution in [2.24, 2.45) is 0 Å². The van der Waals surface area contributed by atoms with E-state index in [1.165, 1.54) is 0 Å². The fourth-order valence-electron chi connectivity index (χ4n) is 3.36. The van der Waals surface area contributed by atoms with Gasteiger partial charge in [-0.25, -0.2) is 0 Å². The molecule has 2 amide bonds. The molecule has 0 saturated heterocycles. The summed E-state index contributed by atoms with van der Waals surface area (Å²) in [6.07, 6.45) is 1.27. The third-order valence-electron chi connectivity index (χ3n) is 5.02. The second-order valence-electron chi connectivity index (χ2n) is 7.98. The van der Waals surface area contributed by atoms with Gasteiger partial charge in [0.15, 0.2) is 0 Å². The molecule has 0 radical (unpaired) electrons. The molecule has 2 aromatic carbocycles. The number of rotatable bonds is 12. The summed E-state index contributed by atoms with van der Waals surface area (Å²) in [5.74, 6) is 1.17. The monoisotopic (exact) mass is 494 g/mol. The average Bonchev–Trinajstić information content (AvgIpc) is 2.78. The maximum Gasteiger partial charge on any atom is 0.243 e. The fourth-order valence-corrected chi connectivity index (χ4v) is 3.68. The van der Waals surface area contributed by atoms with Crippen LogP contribution in [0.1, 0.15) is 45.6 Å². The van der Waals surface area contributed by atoms with Crippen LogP contribution < -0.4 is 14.8 Å². The van der Waals surface area contributed by atoms with Crippen LogP contribution in [-0.4, -0.2) is 42.5 Å². The summed E-state index contributed by atoms with van der Waals surface area (Å²) in [7, 11) is 1.61. The lowest BCUT2D eigenvalue weighted by Crippen LogP contribution is -2.50. The number of nitrogens with one attached hydrogen (secondary N) is 1. The second kappa shape index (κ2) is 13.3. The Morgan fingerprint density at radius 1 is 1.03 bits per heavy atom. The largest absolute Gasteiger partial charge is 0.497 e. The predicted octanol–water partition coefficient (Wildman–Crippen LogP) is 5.49. The molecule has 0 aliphatic carbocycles. The van der Waals surface area contributed by atoms with E-state index in [9.17, 15) is 9.59 Å². The van der Waals surface area contributed by atoms with Crippen molar-refractivity contribution in [3.05, 3.63) is 58.1 Å². The van der Waals surface area contributed by atoms with Gasteiger partial charge in [0, 0.05) is 19.0 Å². The van der Waals surface area contributed by atoms with Crippen LogP contribution in [0, 0.1) is 0 Å². The maximum absolute atomic E-state index is 13.2. The summed E-state index contributed by atoms with van der Waals surface area (Å²) in [6, 6.07) is 11.9. The number of methoxy groups -OCH3 is 1. The summed E-state index contributed by atoms with van der Waals surface area (Å²) in [4.78, 5) is 27.6. The minimum Gasteiger partial charge on any atom is -0.497 e. The molecule has 2 rings (SSSR count). The van der Waals surface area contributed by atoms with E-state index in [1.54, 1.807) is 24.1 Å². The molecule has 1 N–H and O–H groups in total. The van der Waals surface area contributed by atoms with E-state index in [2.05, 4.69) is 5.32 Å². The van der Waals surface area contributed by atoms with Crippen molar-refractivity contribution in [1.82, 2.24) is 10.2 Å². The third-order valence-corrected chi connectivity index (χ3v) is 5.76. The van der Waals surface area contributed by atoms with Gasteiger partial charge in [-0.2, -0.15) is 0 Å². The van der Waals surface area contributed by atoms with E-state index in [1.807, 2.05) is 51.1 Å². The summed E-state index contributed by atoms with van der Waals surface area (Å²) in [6.45, 7) is 6.33. The standard InChI is InChI=1S/C25H32Cl2N2O4/c1-5-23(25(31)28-17(2)3)29(16-18-8-13-21(26)22(27)15-18)24(30)7-6-14-33-20-11-9-19(32-4)10-12-20/h8-13,15,17,23H,5-7,14,16H2,1-4H3,(H,28,31)/t23-/m1/s1. The highest BCUT2D eigenvalue weighted by atomic mass is 35.5. The predicted molar refractivity (Wildman–Crippen MR) is 132 cm³/mol. The average molecular weight is 495 g/mol. The SMILES string of the molecule is CC[C@H](C(=O)NC(C)C)N(Cc1ccc(Cl)c(Cl)c1)C(=O)CCCOc1ccc(OC)cc1. The van der Waals surface area contributed by atoms with Crippen molar-refractivity contribution in [2.45, 2.75) is 58.7 Å². The highest BCUT2D eigenvalue weighted by Gasteiger charge is 2.28. The number of hydrogen-bond donors (Lipinski definition) is 1. The zero-order valence-electron chi connectivity index (χ0n) is 19.6. The van der Waals surface area contributed by atoms with Gasteiger partial charge in [0.1, 0.15) is 17.5 Å². The molecule has 0 saturated carbocycles. The Balaban J connectivity index is 2.06. The van der Waals surface area contributed by atoms with E-state index in [-0.39, 0.29) is 30.8 Å². The number of ether oxygens (including phenoxy) is 2. The van der Waals surface area contributed by atoms with Gasteiger partial charge in [0.05, 0.1) is 23.8 Å². The number of carbonyl (C=O) groups is 2. The maximum atomic E-state index is 13.2. The first-order chi connectivity index (χ1) is 15.7. The van der Waals surface area contributed by atoms with Gasteiger partial charge in [-0.15, -0.1) is 0 Å². The molecule has 6 nitrogen and oxygen atoms in total. The van der Waals surface area contributed by atoms with Gasteiger partial charge in [-0.1, -0.05) is 36.2 Å². The first kappa shape index (κ1) is 26.8.